The van der Waals surface area contributed by atoms with Gasteiger partial charge in [0.2, 0.25) is 0 Å². The van der Waals surface area contributed by atoms with Gasteiger partial charge >= 0.3 is 5.97 Å². The Labute approximate surface area is 131 Å². The van der Waals surface area contributed by atoms with Crippen molar-refractivity contribution in [2.75, 3.05) is 20.2 Å². The van der Waals surface area contributed by atoms with Gasteiger partial charge in [-0.3, -0.25) is 4.90 Å². The molecule has 0 aliphatic rings. The van der Waals surface area contributed by atoms with Gasteiger partial charge in [0.15, 0.2) is 0 Å². The zero-order valence-electron chi connectivity index (χ0n) is 13.0. The summed E-state index contributed by atoms with van der Waals surface area (Å²) in [6.45, 7) is 4.21. The number of hydrogen-bond donors (Lipinski definition) is 1. The van der Waals surface area contributed by atoms with Crippen LogP contribution in [0.2, 0.25) is 0 Å². The maximum absolute atomic E-state index is 10.8. The maximum Gasteiger partial charge on any atom is 0.335 e. The molecular weight excluding hydrogens is 278 g/mol. The van der Waals surface area contributed by atoms with Crippen molar-refractivity contribution >= 4 is 5.97 Å². The van der Waals surface area contributed by atoms with Crippen LogP contribution >= 0.6 is 0 Å². The number of carbonyl (C=O) groups is 1. The Morgan fingerprint density at radius 1 is 1.14 bits per heavy atom. The monoisotopic (exact) mass is 299 g/mol. The van der Waals surface area contributed by atoms with E-state index in [0.717, 1.165) is 30.0 Å². The molecule has 0 aliphatic heterocycles. The largest absolute Gasteiger partial charge is 0.492 e. The van der Waals surface area contributed by atoms with Gasteiger partial charge in [-0.05, 0) is 43.3 Å². The van der Waals surface area contributed by atoms with E-state index < -0.39 is 5.97 Å². The third kappa shape index (κ3) is 4.60. The normalized spacial score (nSPS) is 10.7. The summed E-state index contributed by atoms with van der Waals surface area (Å²) in [6.07, 6.45) is 0. The van der Waals surface area contributed by atoms with Gasteiger partial charge in [0.05, 0.1) is 5.56 Å². The molecule has 0 atom stereocenters. The molecule has 22 heavy (non-hydrogen) atoms. The lowest BCUT2D eigenvalue weighted by Gasteiger charge is -2.17. The predicted octanol–water partition coefficient (Wildman–Crippen LogP) is 3.20. The standard InChI is InChI=1S/C18H21NO3/c1-14-5-3-4-6-17(14)22-12-11-19(2)13-15-7-9-16(10-8-15)18(20)21/h3-10H,11-13H2,1-2H3,(H,20,21). The fraction of sp³-hybridized carbons (Fsp3) is 0.278. The van der Waals surface area contributed by atoms with Crippen molar-refractivity contribution in [3.05, 3.63) is 65.2 Å². The molecule has 116 valence electrons. The molecule has 0 bridgehead atoms. The van der Waals surface area contributed by atoms with E-state index in [-0.39, 0.29) is 0 Å². The molecule has 0 aliphatic carbocycles. The summed E-state index contributed by atoms with van der Waals surface area (Å²) >= 11 is 0. The van der Waals surface area contributed by atoms with E-state index in [1.807, 2.05) is 50.4 Å². The number of benzene rings is 2. The highest BCUT2D eigenvalue weighted by atomic mass is 16.5. The molecule has 2 rings (SSSR count). The molecule has 0 saturated carbocycles. The Kier molecular flexibility index (Phi) is 5.55. The summed E-state index contributed by atoms with van der Waals surface area (Å²) in [6, 6.07) is 14.9. The molecule has 0 radical (unpaired) electrons. The molecule has 0 amide bonds. The zero-order valence-corrected chi connectivity index (χ0v) is 13.0. The van der Waals surface area contributed by atoms with Crippen LogP contribution < -0.4 is 4.74 Å². The van der Waals surface area contributed by atoms with Crippen molar-refractivity contribution in [3.8, 4) is 5.75 Å². The van der Waals surface area contributed by atoms with Gasteiger partial charge in [-0.1, -0.05) is 30.3 Å². The van der Waals surface area contributed by atoms with Crippen molar-refractivity contribution in [1.29, 1.82) is 0 Å². The SMILES string of the molecule is Cc1ccccc1OCCN(C)Cc1ccc(C(=O)O)cc1. The summed E-state index contributed by atoms with van der Waals surface area (Å²) in [5.74, 6) is 0.0215. The topological polar surface area (TPSA) is 49.8 Å². The van der Waals surface area contributed by atoms with Gasteiger partial charge in [-0.15, -0.1) is 0 Å². The fourth-order valence-corrected chi connectivity index (χ4v) is 2.17. The highest BCUT2D eigenvalue weighted by Gasteiger charge is 2.05. The number of nitrogens with zero attached hydrogens (tertiary/aromatic N) is 1. The van der Waals surface area contributed by atoms with Crippen LogP contribution in [0.15, 0.2) is 48.5 Å². The second-order valence-corrected chi connectivity index (χ2v) is 5.35. The van der Waals surface area contributed by atoms with Crippen LogP contribution in [0.1, 0.15) is 21.5 Å². The summed E-state index contributed by atoms with van der Waals surface area (Å²) in [5.41, 5.74) is 2.53. The number of aryl methyl sites for hydroxylation is 1. The Balaban J connectivity index is 1.79. The zero-order chi connectivity index (χ0) is 15.9. The Hall–Kier alpha value is -2.33. The van der Waals surface area contributed by atoms with Gasteiger partial charge in [0, 0.05) is 13.1 Å². The van der Waals surface area contributed by atoms with Crippen LogP contribution in [0, 0.1) is 6.92 Å². The smallest absolute Gasteiger partial charge is 0.335 e. The molecule has 0 heterocycles. The Bertz CT molecular complexity index is 622. The minimum Gasteiger partial charge on any atom is -0.492 e. The van der Waals surface area contributed by atoms with Gasteiger partial charge in [0.25, 0.3) is 0 Å². The average molecular weight is 299 g/mol. The Morgan fingerprint density at radius 3 is 2.45 bits per heavy atom. The van der Waals surface area contributed by atoms with Crippen LogP contribution in [0.25, 0.3) is 0 Å². The first-order valence-corrected chi connectivity index (χ1v) is 7.25. The van der Waals surface area contributed by atoms with Crippen molar-refractivity contribution < 1.29 is 14.6 Å². The molecule has 1 N–H and O–H groups in total. The van der Waals surface area contributed by atoms with Gasteiger partial charge in [0.1, 0.15) is 12.4 Å². The third-order valence-electron chi connectivity index (χ3n) is 3.48. The highest BCUT2D eigenvalue weighted by molar-refractivity contribution is 5.87. The number of carboxylic acids is 1. The van der Waals surface area contributed by atoms with E-state index in [4.69, 9.17) is 9.84 Å². The van der Waals surface area contributed by atoms with E-state index in [9.17, 15) is 4.79 Å². The third-order valence-corrected chi connectivity index (χ3v) is 3.48. The summed E-state index contributed by atoms with van der Waals surface area (Å²) < 4.78 is 5.78. The molecule has 0 unspecified atom stereocenters. The molecule has 2 aromatic carbocycles. The summed E-state index contributed by atoms with van der Waals surface area (Å²) in [4.78, 5) is 13.0. The van der Waals surface area contributed by atoms with E-state index in [2.05, 4.69) is 4.90 Å². The van der Waals surface area contributed by atoms with E-state index in [1.54, 1.807) is 12.1 Å². The van der Waals surface area contributed by atoms with Crippen molar-refractivity contribution in [1.82, 2.24) is 4.90 Å². The molecule has 0 spiro atoms. The minimum absolute atomic E-state index is 0.314. The lowest BCUT2D eigenvalue weighted by atomic mass is 10.1. The molecule has 0 saturated heterocycles. The van der Waals surface area contributed by atoms with Crippen molar-refractivity contribution in [3.63, 3.8) is 0 Å². The number of aromatic carboxylic acids is 1. The fourth-order valence-electron chi connectivity index (χ4n) is 2.17. The van der Waals surface area contributed by atoms with Crippen LogP contribution in [-0.4, -0.2) is 36.2 Å². The van der Waals surface area contributed by atoms with Gasteiger partial charge < -0.3 is 9.84 Å². The maximum atomic E-state index is 10.8. The number of ether oxygens (including phenoxy) is 1. The van der Waals surface area contributed by atoms with Crippen LogP contribution in [0.3, 0.4) is 0 Å². The van der Waals surface area contributed by atoms with E-state index in [1.165, 1.54) is 0 Å². The number of likely N-dealkylation sites (N-methyl/N-ethyl adjacent to an activating group) is 1. The molecule has 4 nitrogen and oxygen atoms in total. The first kappa shape index (κ1) is 16.0. The first-order valence-electron chi connectivity index (χ1n) is 7.25. The van der Waals surface area contributed by atoms with Gasteiger partial charge in [-0.2, -0.15) is 0 Å². The Morgan fingerprint density at radius 2 is 1.82 bits per heavy atom. The lowest BCUT2D eigenvalue weighted by Crippen LogP contribution is -2.24. The van der Waals surface area contributed by atoms with E-state index >= 15 is 0 Å². The lowest BCUT2D eigenvalue weighted by molar-refractivity contribution is 0.0697. The van der Waals surface area contributed by atoms with Gasteiger partial charge in [-0.25, -0.2) is 4.79 Å². The molecule has 0 fully saturated rings. The number of rotatable bonds is 7. The van der Waals surface area contributed by atoms with Crippen LogP contribution in [0.4, 0.5) is 0 Å². The molecule has 0 aromatic heterocycles. The minimum atomic E-state index is -0.897. The van der Waals surface area contributed by atoms with E-state index in [0.29, 0.717) is 12.2 Å². The number of carboxylic acid groups (broad SMARTS) is 1. The average Bonchev–Trinajstić information content (AvgIpc) is 2.50. The van der Waals surface area contributed by atoms with Crippen molar-refractivity contribution in [2.45, 2.75) is 13.5 Å². The molecule has 4 heteroatoms. The molecular formula is C18H21NO3. The number of hydrogen-bond acceptors (Lipinski definition) is 3. The molecule has 2 aromatic rings. The second-order valence-electron chi connectivity index (χ2n) is 5.35. The predicted molar refractivity (Wildman–Crippen MR) is 86.4 cm³/mol. The van der Waals surface area contributed by atoms with Crippen molar-refractivity contribution in [2.24, 2.45) is 0 Å². The first-order chi connectivity index (χ1) is 10.6. The quantitative estimate of drug-likeness (QED) is 0.853. The number of para-hydroxylation sites is 1. The highest BCUT2D eigenvalue weighted by Crippen LogP contribution is 2.16. The second kappa shape index (κ2) is 7.61. The summed E-state index contributed by atoms with van der Waals surface area (Å²) in [5, 5.41) is 8.88. The van der Waals surface area contributed by atoms with Crippen LogP contribution in [-0.2, 0) is 6.54 Å². The van der Waals surface area contributed by atoms with Crippen LogP contribution in [0.5, 0.6) is 5.75 Å². The summed E-state index contributed by atoms with van der Waals surface area (Å²) in [7, 11) is 2.02.